The molecule has 1 aromatic heterocycles. The summed E-state index contributed by atoms with van der Waals surface area (Å²) in [5, 5.41) is 12.7. The summed E-state index contributed by atoms with van der Waals surface area (Å²) in [4.78, 5) is 1.14. The summed E-state index contributed by atoms with van der Waals surface area (Å²) in [6, 6.07) is 9.42. The van der Waals surface area contributed by atoms with E-state index in [0.29, 0.717) is 11.4 Å². The van der Waals surface area contributed by atoms with Gasteiger partial charge in [0.15, 0.2) is 0 Å². The second-order valence-electron chi connectivity index (χ2n) is 3.47. The van der Waals surface area contributed by atoms with Crippen molar-refractivity contribution in [2.24, 2.45) is 0 Å². The summed E-state index contributed by atoms with van der Waals surface area (Å²) in [5.41, 5.74) is 0.786. The molecule has 16 heavy (non-hydrogen) atoms. The molecule has 0 aliphatic carbocycles. The number of thiophene rings is 1. The van der Waals surface area contributed by atoms with Crippen LogP contribution in [0.25, 0.3) is 0 Å². The smallest absolute Gasteiger partial charge is 0.0852 e. The van der Waals surface area contributed by atoms with Crippen LogP contribution in [-0.2, 0) is 6.42 Å². The van der Waals surface area contributed by atoms with Crippen LogP contribution in [0.4, 0.5) is 0 Å². The lowest BCUT2D eigenvalue weighted by atomic mass is 10.1. The molecule has 1 atom stereocenters. The van der Waals surface area contributed by atoms with Crippen LogP contribution in [0.1, 0.15) is 16.5 Å². The summed E-state index contributed by atoms with van der Waals surface area (Å²) in [7, 11) is 0. The van der Waals surface area contributed by atoms with E-state index in [1.807, 2.05) is 29.6 Å². The van der Waals surface area contributed by atoms with Gasteiger partial charge in [-0.25, -0.2) is 0 Å². The molecule has 1 aromatic carbocycles. The van der Waals surface area contributed by atoms with Crippen LogP contribution >= 0.6 is 38.9 Å². The van der Waals surface area contributed by atoms with Crippen LogP contribution in [0, 0.1) is 0 Å². The first-order valence-corrected chi connectivity index (χ1v) is 6.87. The Hall–Kier alpha value is -0.350. The number of halogens is 2. The van der Waals surface area contributed by atoms with Gasteiger partial charge in [0.25, 0.3) is 0 Å². The molecule has 1 N–H and O–H groups in total. The molecule has 0 radical (unpaired) electrons. The van der Waals surface area contributed by atoms with Crippen molar-refractivity contribution in [3.05, 3.63) is 55.6 Å². The Balaban J connectivity index is 2.14. The van der Waals surface area contributed by atoms with E-state index in [-0.39, 0.29) is 0 Å². The Morgan fingerprint density at radius 3 is 2.75 bits per heavy atom. The first kappa shape index (κ1) is 12.1. The third kappa shape index (κ3) is 2.86. The SMILES string of the molecule is OC(Cc1cc(Br)cs1)c1ccccc1Cl. The van der Waals surface area contributed by atoms with Crippen molar-refractivity contribution < 1.29 is 5.11 Å². The average molecular weight is 318 g/mol. The number of aliphatic hydroxyl groups excluding tert-OH is 1. The highest BCUT2D eigenvalue weighted by Crippen LogP contribution is 2.28. The Morgan fingerprint density at radius 1 is 1.38 bits per heavy atom. The molecular formula is C12H10BrClOS. The maximum absolute atomic E-state index is 10.1. The van der Waals surface area contributed by atoms with Crippen molar-refractivity contribution in [3.63, 3.8) is 0 Å². The average Bonchev–Trinajstić information content (AvgIpc) is 2.64. The molecule has 0 fully saturated rings. The lowest BCUT2D eigenvalue weighted by molar-refractivity contribution is 0.179. The van der Waals surface area contributed by atoms with Gasteiger partial charge in [0.05, 0.1) is 6.10 Å². The second kappa shape index (κ2) is 5.32. The highest BCUT2D eigenvalue weighted by molar-refractivity contribution is 9.10. The lowest BCUT2D eigenvalue weighted by Gasteiger charge is -2.11. The predicted octanol–water partition coefficient (Wildman–Crippen LogP) is 4.44. The monoisotopic (exact) mass is 316 g/mol. The Kier molecular flexibility index (Phi) is 4.03. The molecule has 0 amide bonds. The van der Waals surface area contributed by atoms with E-state index in [9.17, 15) is 5.11 Å². The van der Waals surface area contributed by atoms with Crippen LogP contribution in [0.3, 0.4) is 0 Å². The van der Waals surface area contributed by atoms with E-state index in [2.05, 4.69) is 15.9 Å². The van der Waals surface area contributed by atoms with Crippen LogP contribution < -0.4 is 0 Å². The molecule has 0 saturated carbocycles. The largest absolute Gasteiger partial charge is 0.388 e. The number of hydrogen-bond donors (Lipinski definition) is 1. The highest BCUT2D eigenvalue weighted by atomic mass is 79.9. The van der Waals surface area contributed by atoms with Crippen LogP contribution in [-0.4, -0.2) is 5.11 Å². The van der Waals surface area contributed by atoms with Gasteiger partial charge in [0, 0.05) is 26.2 Å². The van der Waals surface area contributed by atoms with Gasteiger partial charge in [-0.3, -0.25) is 0 Å². The maximum Gasteiger partial charge on any atom is 0.0852 e. The quantitative estimate of drug-likeness (QED) is 0.887. The maximum atomic E-state index is 10.1. The van der Waals surface area contributed by atoms with Crippen molar-refractivity contribution in [3.8, 4) is 0 Å². The summed E-state index contributed by atoms with van der Waals surface area (Å²) < 4.78 is 1.05. The van der Waals surface area contributed by atoms with Gasteiger partial charge in [-0.15, -0.1) is 11.3 Å². The molecule has 2 rings (SSSR count). The Bertz CT molecular complexity index is 483. The molecular weight excluding hydrogens is 308 g/mol. The third-order valence-electron chi connectivity index (χ3n) is 2.28. The Morgan fingerprint density at radius 2 is 2.12 bits per heavy atom. The minimum atomic E-state index is -0.542. The first-order valence-electron chi connectivity index (χ1n) is 4.82. The highest BCUT2D eigenvalue weighted by Gasteiger charge is 2.12. The van der Waals surface area contributed by atoms with E-state index in [4.69, 9.17) is 11.6 Å². The van der Waals surface area contributed by atoms with Gasteiger partial charge in [-0.05, 0) is 33.6 Å². The number of rotatable bonds is 3. The van der Waals surface area contributed by atoms with Crippen molar-refractivity contribution in [2.75, 3.05) is 0 Å². The third-order valence-corrected chi connectivity index (χ3v) is 4.34. The van der Waals surface area contributed by atoms with Crippen molar-refractivity contribution in [2.45, 2.75) is 12.5 Å². The molecule has 4 heteroatoms. The van der Waals surface area contributed by atoms with Crippen molar-refractivity contribution in [1.82, 2.24) is 0 Å². The second-order valence-corrected chi connectivity index (χ2v) is 5.79. The Labute approximate surface area is 112 Å². The van der Waals surface area contributed by atoms with E-state index in [1.54, 1.807) is 17.4 Å². The van der Waals surface area contributed by atoms with Gasteiger partial charge in [0.2, 0.25) is 0 Å². The molecule has 1 unspecified atom stereocenters. The summed E-state index contributed by atoms with van der Waals surface area (Å²) in [5.74, 6) is 0. The molecule has 0 spiro atoms. The van der Waals surface area contributed by atoms with E-state index in [0.717, 1.165) is 14.9 Å². The summed E-state index contributed by atoms with van der Waals surface area (Å²) >= 11 is 11.0. The van der Waals surface area contributed by atoms with Crippen LogP contribution in [0.15, 0.2) is 40.2 Å². The standard InChI is InChI=1S/C12H10BrClOS/c13-8-5-9(16-7-8)6-12(15)10-3-1-2-4-11(10)14/h1-5,7,12,15H,6H2. The molecule has 84 valence electrons. The molecule has 1 heterocycles. The minimum absolute atomic E-state index is 0.542. The summed E-state index contributed by atoms with van der Waals surface area (Å²) in [6.07, 6.45) is 0.0549. The molecule has 0 saturated heterocycles. The number of hydrogen-bond acceptors (Lipinski definition) is 2. The van der Waals surface area contributed by atoms with Crippen LogP contribution in [0.2, 0.25) is 5.02 Å². The van der Waals surface area contributed by atoms with Gasteiger partial charge < -0.3 is 5.11 Å². The topological polar surface area (TPSA) is 20.2 Å². The number of aliphatic hydroxyl groups is 1. The van der Waals surface area contributed by atoms with Gasteiger partial charge in [-0.1, -0.05) is 29.8 Å². The van der Waals surface area contributed by atoms with E-state index in [1.165, 1.54) is 0 Å². The fourth-order valence-corrected chi connectivity index (χ4v) is 3.26. The van der Waals surface area contributed by atoms with Gasteiger partial charge in [0.1, 0.15) is 0 Å². The number of benzene rings is 1. The molecule has 1 nitrogen and oxygen atoms in total. The first-order chi connectivity index (χ1) is 7.66. The van der Waals surface area contributed by atoms with E-state index >= 15 is 0 Å². The zero-order valence-corrected chi connectivity index (χ0v) is 11.5. The molecule has 0 aliphatic heterocycles. The molecule has 2 aromatic rings. The fraction of sp³-hybridized carbons (Fsp3) is 0.167. The zero-order chi connectivity index (χ0) is 11.5. The molecule has 0 bridgehead atoms. The normalized spacial score (nSPS) is 12.7. The van der Waals surface area contributed by atoms with Crippen molar-refractivity contribution >= 4 is 38.9 Å². The van der Waals surface area contributed by atoms with Gasteiger partial charge in [-0.2, -0.15) is 0 Å². The summed E-state index contributed by atoms with van der Waals surface area (Å²) in [6.45, 7) is 0. The van der Waals surface area contributed by atoms with Crippen molar-refractivity contribution in [1.29, 1.82) is 0 Å². The fourth-order valence-electron chi connectivity index (χ4n) is 1.51. The minimum Gasteiger partial charge on any atom is -0.388 e. The molecule has 0 aliphatic rings. The van der Waals surface area contributed by atoms with Crippen LogP contribution in [0.5, 0.6) is 0 Å². The predicted molar refractivity (Wildman–Crippen MR) is 72.1 cm³/mol. The zero-order valence-electron chi connectivity index (χ0n) is 8.36. The van der Waals surface area contributed by atoms with Gasteiger partial charge >= 0.3 is 0 Å². The van der Waals surface area contributed by atoms with E-state index < -0.39 is 6.10 Å². The lowest BCUT2D eigenvalue weighted by Crippen LogP contribution is -2.00.